The number of anilines is 1. The van der Waals surface area contributed by atoms with Crippen LogP contribution in [-0.2, 0) is 16.6 Å². The molecule has 3 rings (SSSR count). The monoisotopic (exact) mass is 340 g/mol. The van der Waals surface area contributed by atoms with Gasteiger partial charge in [-0.05, 0) is 24.3 Å². The molecular weight excluding hydrogens is 316 g/mol. The van der Waals surface area contributed by atoms with Crippen LogP contribution in [-0.4, -0.2) is 34.2 Å². The molecule has 0 saturated carbocycles. The Morgan fingerprint density at radius 3 is 2.76 bits per heavy atom. The molecule has 1 fully saturated rings. The zero-order chi connectivity index (χ0) is 17.8. The molecule has 1 aromatic heterocycles. The fourth-order valence-electron chi connectivity index (χ4n) is 3.32. The van der Waals surface area contributed by atoms with Gasteiger partial charge in [-0.2, -0.15) is 5.10 Å². The molecule has 6 heteroatoms. The van der Waals surface area contributed by atoms with Gasteiger partial charge in [-0.1, -0.05) is 37.3 Å². The fraction of sp³-hybridized carbons (Fsp3) is 0.421. The summed E-state index contributed by atoms with van der Waals surface area (Å²) < 4.78 is 1.67. The first-order valence-electron chi connectivity index (χ1n) is 8.72. The molecule has 0 radical (unpaired) electrons. The van der Waals surface area contributed by atoms with E-state index in [-0.39, 0.29) is 17.7 Å². The van der Waals surface area contributed by atoms with Crippen molar-refractivity contribution in [3.8, 4) is 0 Å². The van der Waals surface area contributed by atoms with E-state index in [0.29, 0.717) is 19.4 Å². The van der Waals surface area contributed by atoms with Gasteiger partial charge < -0.3 is 10.2 Å². The van der Waals surface area contributed by atoms with Crippen LogP contribution in [0.25, 0.3) is 0 Å². The van der Waals surface area contributed by atoms with Crippen LogP contribution < -0.4 is 10.2 Å². The summed E-state index contributed by atoms with van der Waals surface area (Å²) >= 11 is 0. The first-order valence-corrected chi connectivity index (χ1v) is 8.72. The summed E-state index contributed by atoms with van der Waals surface area (Å²) in [4.78, 5) is 26.7. The quantitative estimate of drug-likeness (QED) is 0.877. The molecular formula is C19H24N4O2. The van der Waals surface area contributed by atoms with Crippen molar-refractivity contribution in [1.29, 1.82) is 0 Å². The van der Waals surface area contributed by atoms with Crippen LogP contribution in [0.4, 0.5) is 5.69 Å². The number of nitrogens with one attached hydrogen (secondary N) is 1. The maximum atomic E-state index is 12.6. The minimum Gasteiger partial charge on any atom is -0.344 e. The van der Waals surface area contributed by atoms with Gasteiger partial charge in [0.05, 0.1) is 11.9 Å². The summed E-state index contributed by atoms with van der Waals surface area (Å²) in [7, 11) is 1.82. The first kappa shape index (κ1) is 17.2. The molecule has 1 aromatic carbocycles. The number of nitrogens with zero attached hydrogens (tertiary/aromatic N) is 3. The van der Waals surface area contributed by atoms with Gasteiger partial charge in [0.25, 0.3) is 0 Å². The second kappa shape index (κ2) is 7.51. The van der Waals surface area contributed by atoms with E-state index in [0.717, 1.165) is 17.7 Å². The molecule has 1 aliphatic rings. The third-order valence-electron chi connectivity index (χ3n) is 4.74. The van der Waals surface area contributed by atoms with E-state index in [2.05, 4.69) is 17.3 Å². The van der Waals surface area contributed by atoms with E-state index in [4.69, 9.17) is 0 Å². The maximum absolute atomic E-state index is 12.6. The largest absolute Gasteiger partial charge is 0.344 e. The summed E-state index contributed by atoms with van der Waals surface area (Å²) in [6.45, 7) is 2.68. The van der Waals surface area contributed by atoms with Crippen LogP contribution in [0.1, 0.15) is 37.7 Å². The van der Waals surface area contributed by atoms with Crippen molar-refractivity contribution in [3.63, 3.8) is 0 Å². The lowest BCUT2D eigenvalue weighted by Gasteiger charge is -2.18. The van der Waals surface area contributed by atoms with E-state index in [1.54, 1.807) is 15.8 Å². The number of rotatable bonds is 6. The molecule has 25 heavy (non-hydrogen) atoms. The van der Waals surface area contributed by atoms with Gasteiger partial charge in [0.1, 0.15) is 6.04 Å². The number of aryl methyl sites for hydroxylation is 1. The summed E-state index contributed by atoms with van der Waals surface area (Å²) in [5, 5.41) is 7.01. The van der Waals surface area contributed by atoms with E-state index >= 15 is 0 Å². The van der Waals surface area contributed by atoms with Gasteiger partial charge in [0.2, 0.25) is 11.8 Å². The van der Waals surface area contributed by atoms with Crippen LogP contribution in [0.3, 0.4) is 0 Å². The normalized spacial score (nSPS) is 18.4. The topological polar surface area (TPSA) is 67.2 Å². The summed E-state index contributed by atoms with van der Waals surface area (Å²) in [5.41, 5.74) is 1.94. The van der Waals surface area contributed by atoms with Crippen molar-refractivity contribution < 1.29 is 9.59 Å². The third kappa shape index (κ3) is 3.90. The molecule has 6 nitrogen and oxygen atoms in total. The van der Waals surface area contributed by atoms with Crippen molar-refractivity contribution in [3.05, 3.63) is 48.3 Å². The number of benzene rings is 1. The number of aromatic nitrogens is 2. The number of amides is 2. The highest BCUT2D eigenvalue weighted by atomic mass is 16.2. The Morgan fingerprint density at radius 2 is 2.12 bits per heavy atom. The van der Waals surface area contributed by atoms with Gasteiger partial charge in [0.15, 0.2) is 0 Å². The van der Waals surface area contributed by atoms with E-state index in [9.17, 15) is 9.59 Å². The highest BCUT2D eigenvalue weighted by molar-refractivity contribution is 6.01. The number of hydrogen-bond donors (Lipinski definition) is 1. The Kier molecular flexibility index (Phi) is 5.16. The standard InChI is InChI=1S/C19H24N4O2/c1-3-14(15-7-5-4-6-8-15)11-18(24)21-17-9-10-23(19(17)25)16-12-20-22(2)13-16/h4-8,12-14,17H,3,9-11H2,1-2H3,(H,21,24). The lowest BCUT2D eigenvalue weighted by molar-refractivity contribution is -0.126. The molecule has 1 N–H and O–H groups in total. The highest BCUT2D eigenvalue weighted by Crippen LogP contribution is 2.24. The smallest absolute Gasteiger partial charge is 0.249 e. The van der Waals surface area contributed by atoms with Crippen LogP contribution in [0, 0.1) is 0 Å². The van der Waals surface area contributed by atoms with Crippen molar-refractivity contribution in [2.75, 3.05) is 11.4 Å². The van der Waals surface area contributed by atoms with Gasteiger partial charge >= 0.3 is 0 Å². The second-order valence-electron chi connectivity index (χ2n) is 6.49. The fourth-order valence-corrected chi connectivity index (χ4v) is 3.32. The van der Waals surface area contributed by atoms with Crippen molar-refractivity contribution in [2.45, 2.75) is 38.1 Å². The third-order valence-corrected chi connectivity index (χ3v) is 4.74. The zero-order valence-electron chi connectivity index (χ0n) is 14.7. The zero-order valence-corrected chi connectivity index (χ0v) is 14.7. The molecule has 2 atom stereocenters. The Bertz CT molecular complexity index is 741. The van der Waals surface area contributed by atoms with Crippen LogP contribution in [0.2, 0.25) is 0 Å². The lowest BCUT2D eigenvalue weighted by Crippen LogP contribution is -2.41. The van der Waals surface area contributed by atoms with Gasteiger partial charge in [-0.25, -0.2) is 0 Å². The van der Waals surface area contributed by atoms with Crippen LogP contribution >= 0.6 is 0 Å². The lowest BCUT2D eigenvalue weighted by atomic mass is 9.93. The Hall–Kier alpha value is -2.63. The summed E-state index contributed by atoms with van der Waals surface area (Å²) in [5.74, 6) is 0.0448. The summed E-state index contributed by atoms with van der Waals surface area (Å²) in [6, 6.07) is 9.60. The average Bonchev–Trinajstić information content (AvgIpc) is 3.20. The molecule has 1 saturated heterocycles. The highest BCUT2D eigenvalue weighted by Gasteiger charge is 2.34. The second-order valence-corrected chi connectivity index (χ2v) is 6.49. The Labute approximate surface area is 147 Å². The van der Waals surface area contributed by atoms with E-state index in [1.807, 2.05) is 43.6 Å². The predicted molar refractivity (Wildman–Crippen MR) is 96.2 cm³/mol. The van der Waals surface area contributed by atoms with Crippen molar-refractivity contribution >= 4 is 17.5 Å². The molecule has 2 amide bonds. The van der Waals surface area contributed by atoms with E-state index in [1.165, 1.54) is 0 Å². The minimum absolute atomic E-state index is 0.0610. The van der Waals surface area contributed by atoms with E-state index < -0.39 is 6.04 Å². The molecule has 2 heterocycles. The molecule has 2 aromatic rings. The molecule has 2 unspecified atom stereocenters. The maximum Gasteiger partial charge on any atom is 0.249 e. The summed E-state index contributed by atoms with van der Waals surface area (Å²) in [6.07, 6.45) is 5.39. The van der Waals surface area contributed by atoms with Crippen molar-refractivity contribution in [2.24, 2.45) is 7.05 Å². The number of hydrogen-bond acceptors (Lipinski definition) is 3. The predicted octanol–water partition coefficient (Wildman–Crippen LogP) is 2.23. The first-order chi connectivity index (χ1) is 12.1. The molecule has 0 bridgehead atoms. The SMILES string of the molecule is CCC(CC(=O)NC1CCN(c2cnn(C)c2)C1=O)c1ccccc1. The average molecular weight is 340 g/mol. The Morgan fingerprint density at radius 1 is 1.36 bits per heavy atom. The van der Waals surface area contributed by atoms with Crippen molar-refractivity contribution in [1.82, 2.24) is 15.1 Å². The van der Waals surface area contributed by atoms with Gasteiger partial charge in [-0.15, -0.1) is 0 Å². The minimum atomic E-state index is -0.444. The molecule has 0 aliphatic carbocycles. The molecule has 132 valence electrons. The van der Waals surface area contributed by atoms with Gasteiger partial charge in [0, 0.05) is 26.2 Å². The molecule has 0 spiro atoms. The molecule has 1 aliphatic heterocycles. The number of carbonyl (C=O) groups excluding carboxylic acids is 2. The van der Waals surface area contributed by atoms with Crippen LogP contribution in [0.15, 0.2) is 42.7 Å². The van der Waals surface area contributed by atoms with Crippen LogP contribution in [0.5, 0.6) is 0 Å². The van der Waals surface area contributed by atoms with Gasteiger partial charge in [-0.3, -0.25) is 14.3 Å². The number of carbonyl (C=O) groups is 2. The Balaban J connectivity index is 1.59.